The second-order valence-electron chi connectivity index (χ2n) is 4.19. The summed E-state index contributed by atoms with van der Waals surface area (Å²) in [6.07, 6.45) is -0.850. The van der Waals surface area contributed by atoms with Crippen molar-refractivity contribution < 1.29 is 19.2 Å². The molecule has 0 aliphatic carbocycles. The Morgan fingerprint density at radius 1 is 1.16 bits per heavy atom. The molecule has 0 radical (unpaired) electrons. The maximum Gasteiger partial charge on any atom is 0.259 e. The van der Waals surface area contributed by atoms with Gasteiger partial charge in [0.2, 0.25) is 11.8 Å². The number of rotatable bonds is 1. The summed E-state index contributed by atoms with van der Waals surface area (Å²) in [6.45, 7) is 2.30. The first-order valence-corrected chi connectivity index (χ1v) is 5.82. The molecular formula is C13H14N2O4. The Hall–Kier alpha value is -2.21. The number of hydrogen-bond acceptors (Lipinski definition) is 4. The van der Waals surface area contributed by atoms with Gasteiger partial charge in [0.05, 0.1) is 0 Å². The van der Waals surface area contributed by atoms with Gasteiger partial charge in [-0.15, -0.1) is 0 Å². The van der Waals surface area contributed by atoms with Crippen LogP contribution in [0.2, 0.25) is 0 Å². The quantitative estimate of drug-likeness (QED) is 0.752. The molecule has 1 heterocycles. The molecule has 0 saturated carbocycles. The minimum Gasteiger partial charge on any atom is -0.275 e. The molecule has 6 nitrogen and oxygen atoms in total. The highest BCUT2D eigenvalue weighted by Crippen LogP contribution is 2.29. The predicted octanol–water partition coefficient (Wildman–Crippen LogP) is 0.854. The number of nitrogens with zero attached hydrogens (tertiary/aromatic N) is 2. The van der Waals surface area contributed by atoms with Gasteiger partial charge in [0.1, 0.15) is 0 Å². The summed E-state index contributed by atoms with van der Waals surface area (Å²) < 4.78 is 0. The van der Waals surface area contributed by atoms with E-state index in [0.29, 0.717) is 5.56 Å². The van der Waals surface area contributed by atoms with Crippen LogP contribution in [0.4, 0.5) is 0 Å². The summed E-state index contributed by atoms with van der Waals surface area (Å²) in [4.78, 5) is 41.3. The van der Waals surface area contributed by atoms with Gasteiger partial charge in [0, 0.05) is 13.8 Å². The molecular weight excluding hydrogens is 248 g/mol. The average molecular weight is 262 g/mol. The SMILES string of the molecule is CC(=O)N1OCC(=O)N(C(C)=O)C1c1ccccc1. The van der Waals surface area contributed by atoms with Crippen molar-refractivity contribution in [3.05, 3.63) is 35.9 Å². The number of imide groups is 1. The monoisotopic (exact) mass is 262 g/mol. The number of carbonyl (C=O) groups is 3. The molecule has 1 unspecified atom stereocenters. The molecule has 1 aliphatic rings. The van der Waals surface area contributed by atoms with Gasteiger partial charge in [0.25, 0.3) is 5.91 Å². The molecule has 0 aromatic heterocycles. The van der Waals surface area contributed by atoms with E-state index in [1.807, 2.05) is 6.07 Å². The van der Waals surface area contributed by atoms with E-state index in [1.54, 1.807) is 24.3 Å². The number of hydrogen-bond donors (Lipinski definition) is 0. The van der Waals surface area contributed by atoms with Crippen LogP contribution in [0.3, 0.4) is 0 Å². The predicted molar refractivity (Wildman–Crippen MR) is 65.2 cm³/mol. The zero-order valence-corrected chi connectivity index (χ0v) is 10.7. The maximum absolute atomic E-state index is 11.8. The van der Waals surface area contributed by atoms with Gasteiger partial charge in [-0.05, 0) is 5.56 Å². The Morgan fingerprint density at radius 3 is 2.32 bits per heavy atom. The smallest absolute Gasteiger partial charge is 0.259 e. The van der Waals surface area contributed by atoms with Crippen molar-refractivity contribution >= 4 is 17.7 Å². The lowest BCUT2D eigenvalue weighted by atomic mass is 10.1. The first kappa shape index (κ1) is 13.2. The fourth-order valence-corrected chi connectivity index (χ4v) is 2.03. The molecule has 2 rings (SSSR count). The third-order valence-corrected chi connectivity index (χ3v) is 2.81. The molecule has 0 bridgehead atoms. The van der Waals surface area contributed by atoms with E-state index in [1.165, 1.54) is 13.8 Å². The summed E-state index contributed by atoms with van der Waals surface area (Å²) in [5.41, 5.74) is 0.640. The molecule has 3 amide bonds. The molecule has 1 aromatic carbocycles. The first-order chi connectivity index (χ1) is 9.02. The number of carbonyl (C=O) groups excluding carboxylic acids is 3. The van der Waals surface area contributed by atoms with Crippen molar-refractivity contribution in [3.63, 3.8) is 0 Å². The maximum atomic E-state index is 11.8. The van der Waals surface area contributed by atoms with Gasteiger partial charge in [-0.1, -0.05) is 30.3 Å². The van der Waals surface area contributed by atoms with Crippen molar-refractivity contribution in [1.29, 1.82) is 0 Å². The van der Waals surface area contributed by atoms with Crippen LogP contribution in [-0.2, 0) is 19.2 Å². The molecule has 1 aliphatic heterocycles. The van der Waals surface area contributed by atoms with Crippen LogP contribution >= 0.6 is 0 Å². The zero-order chi connectivity index (χ0) is 14.0. The van der Waals surface area contributed by atoms with Crippen LogP contribution in [0.15, 0.2) is 30.3 Å². The van der Waals surface area contributed by atoms with Gasteiger partial charge < -0.3 is 0 Å². The van der Waals surface area contributed by atoms with Gasteiger partial charge in [-0.25, -0.2) is 0 Å². The van der Waals surface area contributed by atoms with Crippen LogP contribution in [0.1, 0.15) is 25.6 Å². The largest absolute Gasteiger partial charge is 0.275 e. The van der Waals surface area contributed by atoms with Crippen LogP contribution in [0, 0.1) is 0 Å². The molecule has 6 heteroatoms. The first-order valence-electron chi connectivity index (χ1n) is 5.82. The zero-order valence-electron chi connectivity index (χ0n) is 10.7. The fourth-order valence-electron chi connectivity index (χ4n) is 2.03. The summed E-state index contributed by atoms with van der Waals surface area (Å²) in [7, 11) is 0. The normalized spacial score (nSPS) is 19.5. The molecule has 0 N–H and O–H groups in total. The third kappa shape index (κ3) is 2.48. The summed E-state index contributed by atoms with van der Waals surface area (Å²) in [5, 5.41) is 1.05. The van der Waals surface area contributed by atoms with Gasteiger partial charge in [-0.3, -0.25) is 24.1 Å². The summed E-state index contributed by atoms with van der Waals surface area (Å²) in [5.74, 6) is -1.25. The highest BCUT2D eigenvalue weighted by Gasteiger charge is 2.40. The Balaban J connectivity index is 2.47. The van der Waals surface area contributed by atoms with Gasteiger partial charge in [-0.2, -0.15) is 5.06 Å². The Morgan fingerprint density at radius 2 is 1.79 bits per heavy atom. The second kappa shape index (κ2) is 5.19. The Kier molecular flexibility index (Phi) is 3.62. The summed E-state index contributed by atoms with van der Waals surface area (Å²) >= 11 is 0. The number of benzene rings is 1. The minimum absolute atomic E-state index is 0.317. The standard InChI is InChI=1S/C13H14N2O4/c1-9(16)14-12(18)8-19-15(10(2)17)13(14)11-6-4-3-5-7-11/h3-7,13H,8H2,1-2H3. The van der Waals surface area contributed by atoms with Crippen LogP contribution in [0.5, 0.6) is 0 Å². The van der Waals surface area contributed by atoms with E-state index < -0.39 is 18.0 Å². The van der Waals surface area contributed by atoms with E-state index in [0.717, 1.165) is 9.96 Å². The minimum atomic E-state index is -0.850. The lowest BCUT2D eigenvalue weighted by Gasteiger charge is -2.40. The molecule has 1 fully saturated rings. The molecule has 0 spiro atoms. The molecule has 1 atom stereocenters. The van der Waals surface area contributed by atoms with E-state index >= 15 is 0 Å². The molecule has 100 valence electrons. The summed E-state index contributed by atoms with van der Waals surface area (Å²) in [6, 6.07) is 8.82. The van der Waals surface area contributed by atoms with Crippen molar-refractivity contribution in [3.8, 4) is 0 Å². The lowest BCUT2D eigenvalue weighted by molar-refractivity contribution is -0.240. The van der Waals surface area contributed by atoms with Crippen molar-refractivity contribution in [1.82, 2.24) is 9.96 Å². The van der Waals surface area contributed by atoms with Crippen molar-refractivity contribution in [2.45, 2.75) is 20.0 Å². The van der Waals surface area contributed by atoms with Gasteiger partial charge in [0.15, 0.2) is 12.8 Å². The number of hydroxylamine groups is 2. The topological polar surface area (TPSA) is 66.9 Å². The number of amides is 3. The average Bonchev–Trinajstić information content (AvgIpc) is 2.38. The van der Waals surface area contributed by atoms with E-state index in [2.05, 4.69) is 0 Å². The van der Waals surface area contributed by atoms with Crippen molar-refractivity contribution in [2.24, 2.45) is 0 Å². The molecule has 19 heavy (non-hydrogen) atoms. The van der Waals surface area contributed by atoms with E-state index in [9.17, 15) is 14.4 Å². The third-order valence-electron chi connectivity index (χ3n) is 2.81. The molecule has 1 saturated heterocycles. The Bertz CT molecular complexity index is 515. The highest BCUT2D eigenvalue weighted by molar-refractivity contribution is 5.96. The fraction of sp³-hybridized carbons (Fsp3) is 0.308. The van der Waals surface area contributed by atoms with E-state index in [-0.39, 0.29) is 12.5 Å². The Labute approximate surface area is 110 Å². The lowest BCUT2D eigenvalue weighted by Crippen LogP contribution is -2.54. The van der Waals surface area contributed by atoms with Crippen molar-refractivity contribution in [2.75, 3.05) is 6.61 Å². The molecule has 1 aromatic rings. The van der Waals surface area contributed by atoms with Crippen LogP contribution in [0.25, 0.3) is 0 Å². The second-order valence-corrected chi connectivity index (χ2v) is 4.19. The van der Waals surface area contributed by atoms with E-state index in [4.69, 9.17) is 4.84 Å². The van der Waals surface area contributed by atoms with Crippen LogP contribution in [-0.4, -0.2) is 34.3 Å². The van der Waals surface area contributed by atoms with Crippen LogP contribution < -0.4 is 0 Å². The highest BCUT2D eigenvalue weighted by atomic mass is 16.7. The van der Waals surface area contributed by atoms with Gasteiger partial charge >= 0.3 is 0 Å².